The van der Waals surface area contributed by atoms with E-state index in [-0.39, 0.29) is 16.9 Å². The number of hydrogen-bond acceptors (Lipinski definition) is 4. The van der Waals surface area contributed by atoms with Crippen molar-refractivity contribution >= 4 is 27.3 Å². The van der Waals surface area contributed by atoms with Crippen LogP contribution in [-0.2, 0) is 10.0 Å². The maximum Gasteiger partial charge on any atom is 0.261 e. The molecule has 0 heterocycles. The van der Waals surface area contributed by atoms with Crippen molar-refractivity contribution in [2.45, 2.75) is 31.8 Å². The van der Waals surface area contributed by atoms with Gasteiger partial charge in [-0.15, -0.1) is 0 Å². The predicted molar refractivity (Wildman–Crippen MR) is 119 cm³/mol. The van der Waals surface area contributed by atoms with Crippen LogP contribution in [0.5, 0.6) is 5.75 Å². The summed E-state index contributed by atoms with van der Waals surface area (Å²) < 4.78 is 33.4. The molecular formula is C23H24N2O4S. The van der Waals surface area contributed by atoms with Gasteiger partial charge in [0.05, 0.1) is 16.6 Å². The standard InChI is InChI=1S/C23H24N2O4S/c1-16(2)29-22-10-5-4-9-21(22)23(26)24-18-11-13-20(14-12-18)30(27,28)25-19-8-6-7-17(3)15-19/h4-16,25H,1-3H3,(H,24,26). The van der Waals surface area contributed by atoms with Crippen molar-refractivity contribution < 1.29 is 17.9 Å². The third-order valence-electron chi connectivity index (χ3n) is 4.19. The van der Waals surface area contributed by atoms with Gasteiger partial charge in [-0.2, -0.15) is 0 Å². The summed E-state index contributed by atoms with van der Waals surface area (Å²) in [6, 6.07) is 20.1. The second kappa shape index (κ2) is 9.00. The molecule has 0 aliphatic rings. The largest absolute Gasteiger partial charge is 0.490 e. The molecule has 1 amide bonds. The van der Waals surface area contributed by atoms with Crippen molar-refractivity contribution in [1.29, 1.82) is 0 Å². The van der Waals surface area contributed by atoms with Crippen LogP contribution in [0.3, 0.4) is 0 Å². The second-order valence-corrected chi connectivity index (χ2v) is 8.80. The minimum Gasteiger partial charge on any atom is -0.490 e. The molecular weight excluding hydrogens is 400 g/mol. The number of carbonyl (C=O) groups excluding carboxylic acids is 1. The topological polar surface area (TPSA) is 84.5 Å². The molecule has 2 N–H and O–H groups in total. The molecule has 0 aliphatic heterocycles. The van der Waals surface area contributed by atoms with Crippen LogP contribution in [0.4, 0.5) is 11.4 Å². The number of aryl methyl sites for hydroxylation is 1. The smallest absolute Gasteiger partial charge is 0.261 e. The lowest BCUT2D eigenvalue weighted by molar-refractivity contribution is 0.102. The number of sulfonamides is 1. The molecule has 0 radical (unpaired) electrons. The van der Waals surface area contributed by atoms with Gasteiger partial charge >= 0.3 is 0 Å². The highest BCUT2D eigenvalue weighted by Gasteiger charge is 2.16. The van der Waals surface area contributed by atoms with Crippen molar-refractivity contribution in [3.8, 4) is 5.75 Å². The van der Waals surface area contributed by atoms with E-state index in [9.17, 15) is 13.2 Å². The molecule has 7 heteroatoms. The van der Waals surface area contributed by atoms with E-state index < -0.39 is 10.0 Å². The molecule has 6 nitrogen and oxygen atoms in total. The molecule has 0 aliphatic carbocycles. The molecule has 0 aromatic heterocycles. The number of rotatable bonds is 7. The number of carbonyl (C=O) groups is 1. The molecule has 3 aromatic rings. The first-order valence-electron chi connectivity index (χ1n) is 9.51. The molecule has 3 rings (SSSR count). The lowest BCUT2D eigenvalue weighted by Gasteiger charge is -2.14. The summed E-state index contributed by atoms with van der Waals surface area (Å²) >= 11 is 0. The van der Waals surface area contributed by atoms with Gasteiger partial charge in [0.2, 0.25) is 0 Å². The first-order chi connectivity index (χ1) is 14.2. The Bertz CT molecular complexity index is 1140. The fourth-order valence-corrected chi connectivity index (χ4v) is 3.90. The van der Waals surface area contributed by atoms with Gasteiger partial charge in [0.1, 0.15) is 5.75 Å². The molecule has 0 saturated carbocycles. The Morgan fingerprint density at radius 2 is 1.60 bits per heavy atom. The number of amides is 1. The van der Waals surface area contributed by atoms with Gasteiger partial charge in [0.25, 0.3) is 15.9 Å². The molecule has 0 bridgehead atoms. The summed E-state index contributed by atoms with van der Waals surface area (Å²) in [6.45, 7) is 5.66. The van der Waals surface area contributed by atoms with E-state index in [0.29, 0.717) is 22.7 Å². The van der Waals surface area contributed by atoms with Crippen molar-refractivity contribution in [3.63, 3.8) is 0 Å². The molecule has 0 atom stereocenters. The van der Waals surface area contributed by atoms with Crippen molar-refractivity contribution in [3.05, 3.63) is 83.9 Å². The minimum atomic E-state index is -3.73. The van der Waals surface area contributed by atoms with Crippen LogP contribution in [0.15, 0.2) is 77.7 Å². The van der Waals surface area contributed by atoms with Gasteiger partial charge in [0, 0.05) is 11.4 Å². The van der Waals surface area contributed by atoms with E-state index in [0.717, 1.165) is 5.56 Å². The average molecular weight is 425 g/mol. The average Bonchev–Trinajstić information content (AvgIpc) is 2.68. The first kappa shape index (κ1) is 21.4. The second-order valence-electron chi connectivity index (χ2n) is 7.12. The lowest BCUT2D eigenvalue weighted by Crippen LogP contribution is -2.16. The number of nitrogens with one attached hydrogen (secondary N) is 2. The zero-order valence-corrected chi connectivity index (χ0v) is 17.9. The number of anilines is 2. The number of benzene rings is 3. The van der Waals surface area contributed by atoms with Crippen LogP contribution < -0.4 is 14.8 Å². The number of ether oxygens (including phenoxy) is 1. The van der Waals surface area contributed by atoms with Crippen LogP contribution in [0.1, 0.15) is 29.8 Å². The molecule has 30 heavy (non-hydrogen) atoms. The van der Waals surface area contributed by atoms with Crippen molar-refractivity contribution in [2.75, 3.05) is 10.0 Å². The van der Waals surface area contributed by atoms with E-state index in [1.807, 2.05) is 26.8 Å². The highest BCUT2D eigenvalue weighted by atomic mass is 32.2. The SMILES string of the molecule is Cc1cccc(NS(=O)(=O)c2ccc(NC(=O)c3ccccc3OC(C)C)cc2)c1. The Morgan fingerprint density at radius 1 is 0.900 bits per heavy atom. The maximum atomic E-state index is 12.6. The Kier molecular flexibility index (Phi) is 6.42. The van der Waals surface area contributed by atoms with Gasteiger partial charge in [-0.05, 0) is 74.9 Å². The van der Waals surface area contributed by atoms with Gasteiger partial charge < -0.3 is 10.1 Å². The van der Waals surface area contributed by atoms with Gasteiger partial charge in [-0.25, -0.2) is 8.42 Å². The quantitative estimate of drug-likeness (QED) is 0.569. The zero-order chi connectivity index (χ0) is 21.7. The van der Waals surface area contributed by atoms with Gasteiger partial charge in [0.15, 0.2) is 0 Å². The van der Waals surface area contributed by atoms with E-state index in [2.05, 4.69) is 10.0 Å². The van der Waals surface area contributed by atoms with Crippen LogP contribution >= 0.6 is 0 Å². The lowest BCUT2D eigenvalue weighted by atomic mass is 10.1. The fourth-order valence-electron chi connectivity index (χ4n) is 2.85. The normalized spacial score (nSPS) is 11.2. The summed E-state index contributed by atoms with van der Waals surface area (Å²) in [7, 11) is -3.73. The Morgan fingerprint density at radius 3 is 2.27 bits per heavy atom. The Balaban J connectivity index is 1.74. The number of hydrogen-bond donors (Lipinski definition) is 2. The molecule has 156 valence electrons. The summed E-state index contributed by atoms with van der Waals surface area (Å²) in [5, 5.41) is 2.77. The van der Waals surface area contributed by atoms with E-state index in [4.69, 9.17) is 4.74 Å². The highest BCUT2D eigenvalue weighted by Crippen LogP contribution is 2.22. The Hall–Kier alpha value is -3.32. The van der Waals surface area contributed by atoms with Gasteiger partial charge in [-0.3, -0.25) is 9.52 Å². The summed E-state index contributed by atoms with van der Waals surface area (Å²) in [6.07, 6.45) is -0.0654. The monoisotopic (exact) mass is 424 g/mol. The minimum absolute atomic E-state index is 0.0654. The van der Waals surface area contributed by atoms with Crippen LogP contribution in [0.2, 0.25) is 0 Å². The van der Waals surface area contributed by atoms with Crippen LogP contribution in [-0.4, -0.2) is 20.4 Å². The summed E-state index contributed by atoms with van der Waals surface area (Å²) in [5.74, 6) is 0.159. The predicted octanol–water partition coefficient (Wildman–Crippen LogP) is 4.84. The summed E-state index contributed by atoms with van der Waals surface area (Å²) in [5.41, 5.74) is 2.34. The van der Waals surface area contributed by atoms with Crippen LogP contribution in [0.25, 0.3) is 0 Å². The molecule has 3 aromatic carbocycles. The fraction of sp³-hybridized carbons (Fsp3) is 0.174. The molecule has 0 unspecified atom stereocenters. The molecule has 0 saturated heterocycles. The van der Waals surface area contributed by atoms with E-state index >= 15 is 0 Å². The highest BCUT2D eigenvalue weighted by molar-refractivity contribution is 7.92. The van der Waals surface area contributed by atoms with Crippen molar-refractivity contribution in [1.82, 2.24) is 0 Å². The van der Waals surface area contributed by atoms with Crippen LogP contribution in [0, 0.1) is 6.92 Å². The Labute approximate surface area is 177 Å². The molecule has 0 spiro atoms. The van der Waals surface area contributed by atoms with Gasteiger partial charge in [-0.1, -0.05) is 24.3 Å². The number of para-hydroxylation sites is 1. The third-order valence-corrected chi connectivity index (χ3v) is 5.58. The third kappa shape index (κ3) is 5.39. The molecule has 0 fully saturated rings. The van der Waals surface area contributed by atoms with Crippen molar-refractivity contribution in [2.24, 2.45) is 0 Å². The maximum absolute atomic E-state index is 12.6. The van der Waals surface area contributed by atoms with E-state index in [1.54, 1.807) is 54.6 Å². The first-order valence-corrected chi connectivity index (χ1v) is 11.0. The zero-order valence-electron chi connectivity index (χ0n) is 17.0. The van der Waals surface area contributed by atoms with E-state index in [1.165, 1.54) is 12.1 Å². The summed E-state index contributed by atoms with van der Waals surface area (Å²) in [4.78, 5) is 12.8.